The zero-order valence-corrected chi connectivity index (χ0v) is 15.9. The molecule has 144 valence electrons. The maximum atomic E-state index is 14.2. The van der Waals surface area contributed by atoms with E-state index in [0.29, 0.717) is 26.1 Å². The van der Waals surface area contributed by atoms with Crippen molar-refractivity contribution in [1.29, 1.82) is 0 Å². The summed E-state index contributed by atoms with van der Waals surface area (Å²) >= 11 is 0. The molecule has 0 unspecified atom stereocenters. The topological polar surface area (TPSA) is 102 Å². The van der Waals surface area contributed by atoms with Gasteiger partial charge in [-0.05, 0) is 31.0 Å². The smallest absolute Gasteiger partial charge is 0.241 e. The number of nitrogens with one attached hydrogen (secondary N) is 2. The molecule has 0 bridgehead atoms. The molecule has 1 aliphatic heterocycles. The molecule has 1 aromatic carbocycles. The molecule has 1 saturated heterocycles. The summed E-state index contributed by atoms with van der Waals surface area (Å²) in [6.07, 6.45) is 6.40. The SMILES string of the molecule is C#C[C@H](NS(=O)(=O)c1ccc(NS(=O)(=O)CCC)c(F)c1)[C@H]1CCOC1. The fourth-order valence-corrected chi connectivity index (χ4v) is 4.93. The van der Waals surface area contributed by atoms with Crippen molar-refractivity contribution >= 4 is 25.7 Å². The van der Waals surface area contributed by atoms with Crippen LogP contribution < -0.4 is 9.44 Å². The van der Waals surface area contributed by atoms with E-state index in [1.54, 1.807) is 6.92 Å². The predicted octanol–water partition coefficient (Wildman–Crippen LogP) is 1.29. The molecule has 2 N–H and O–H groups in total. The van der Waals surface area contributed by atoms with Crippen LogP contribution >= 0.6 is 0 Å². The largest absolute Gasteiger partial charge is 0.381 e. The lowest BCUT2D eigenvalue weighted by molar-refractivity contribution is 0.183. The summed E-state index contributed by atoms with van der Waals surface area (Å²) < 4.78 is 72.2. The number of halogens is 1. The Labute approximate surface area is 153 Å². The third kappa shape index (κ3) is 5.17. The van der Waals surface area contributed by atoms with Crippen molar-refractivity contribution in [3.63, 3.8) is 0 Å². The summed E-state index contributed by atoms with van der Waals surface area (Å²) in [7, 11) is -7.75. The number of terminal acetylenes is 1. The predicted molar refractivity (Wildman–Crippen MR) is 96.0 cm³/mol. The molecule has 1 aliphatic rings. The van der Waals surface area contributed by atoms with Gasteiger partial charge in [0.1, 0.15) is 5.82 Å². The molecule has 0 amide bonds. The Bertz CT molecular complexity index is 888. The Morgan fingerprint density at radius 2 is 2.12 bits per heavy atom. The number of benzene rings is 1. The van der Waals surface area contributed by atoms with Crippen LogP contribution in [0.3, 0.4) is 0 Å². The minimum Gasteiger partial charge on any atom is -0.381 e. The van der Waals surface area contributed by atoms with E-state index in [9.17, 15) is 21.2 Å². The summed E-state index contributed by atoms with van der Waals surface area (Å²) in [6.45, 7) is 2.53. The molecule has 0 aromatic heterocycles. The third-order valence-corrected chi connectivity index (χ3v) is 6.80. The van der Waals surface area contributed by atoms with Crippen molar-refractivity contribution in [1.82, 2.24) is 4.72 Å². The number of sulfonamides is 2. The Morgan fingerprint density at radius 3 is 2.65 bits per heavy atom. The molecule has 2 atom stereocenters. The first kappa shape index (κ1) is 20.6. The molecule has 1 aromatic rings. The fraction of sp³-hybridized carbons (Fsp3) is 0.500. The first-order valence-electron chi connectivity index (χ1n) is 8.05. The third-order valence-electron chi connectivity index (χ3n) is 3.89. The van der Waals surface area contributed by atoms with E-state index < -0.39 is 31.9 Å². The lowest BCUT2D eigenvalue weighted by Crippen LogP contribution is -2.39. The molecule has 0 saturated carbocycles. The van der Waals surface area contributed by atoms with Gasteiger partial charge in [-0.15, -0.1) is 6.42 Å². The van der Waals surface area contributed by atoms with Crippen molar-refractivity contribution in [2.45, 2.75) is 30.7 Å². The highest BCUT2D eigenvalue weighted by molar-refractivity contribution is 7.92. The summed E-state index contributed by atoms with van der Waals surface area (Å²) in [5, 5.41) is 0. The van der Waals surface area contributed by atoms with Gasteiger partial charge in [0.25, 0.3) is 0 Å². The summed E-state index contributed by atoms with van der Waals surface area (Å²) in [6, 6.07) is 2.17. The summed E-state index contributed by atoms with van der Waals surface area (Å²) in [5.74, 6) is 1.08. The number of hydrogen-bond donors (Lipinski definition) is 2. The second-order valence-corrected chi connectivity index (χ2v) is 9.51. The van der Waals surface area contributed by atoms with Gasteiger partial charge in [-0.2, -0.15) is 4.72 Å². The second-order valence-electron chi connectivity index (χ2n) is 5.95. The van der Waals surface area contributed by atoms with E-state index >= 15 is 0 Å². The Kier molecular flexibility index (Phi) is 6.63. The van der Waals surface area contributed by atoms with Crippen LogP contribution in [0.15, 0.2) is 23.1 Å². The van der Waals surface area contributed by atoms with Gasteiger partial charge in [0, 0.05) is 12.5 Å². The van der Waals surface area contributed by atoms with Crippen LogP contribution in [0.25, 0.3) is 0 Å². The van der Waals surface area contributed by atoms with Crippen LogP contribution in [0.2, 0.25) is 0 Å². The van der Waals surface area contributed by atoms with Crippen LogP contribution in [0, 0.1) is 24.1 Å². The number of ether oxygens (including phenoxy) is 1. The average molecular weight is 404 g/mol. The molecule has 7 nitrogen and oxygen atoms in total. The zero-order chi connectivity index (χ0) is 19.4. The number of anilines is 1. The van der Waals surface area contributed by atoms with Gasteiger partial charge in [-0.25, -0.2) is 21.2 Å². The monoisotopic (exact) mass is 404 g/mol. The van der Waals surface area contributed by atoms with Crippen molar-refractivity contribution in [2.75, 3.05) is 23.7 Å². The molecule has 0 aliphatic carbocycles. The average Bonchev–Trinajstić information content (AvgIpc) is 3.08. The lowest BCUT2D eigenvalue weighted by atomic mass is 10.0. The van der Waals surface area contributed by atoms with Gasteiger partial charge in [0.15, 0.2) is 0 Å². The maximum Gasteiger partial charge on any atom is 0.241 e. The van der Waals surface area contributed by atoms with E-state index in [2.05, 4.69) is 15.4 Å². The summed E-state index contributed by atoms with van der Waals surface area (Å²) in [5.41, 5.74) is -0.310. The summed E-state index contributed by atoms with van der Waals surface area (Å²) in [4.78, 5) is -0.340. The molecule has 0 spiro atoms. The van der Waals surface area contributed by atoms with Gasteiger partial charge in [-0.3, -0.25) is 4.72 Å². The van der Waals surface area contributed by atoms with E-state index in [1.807, 2.05) is 0 Å². The van der Waals surface area contributed by atoms with Gasteiger partial charge >= 0.3 is 0 Å². The quantitative estimate of drug-likeness (QED) is 0.636. The van der Waals surface area contributed by atoms with Gasteiger partial charge in [0.05, 0.1) is 29.0 Å². The highest BCUT2D eigenvalue weighted by Gasteiger charge is 2.29. The van der Waals surface area contributed by atoms with Crippen molar-refractivity contribution < 1.29 is 26.0 Å². The molecule has 1 fully saturated rings. The molecule has 0 radical (unpaired) electrons. The highest BCUT2D eigenvalue weighted by atomic mass is 32.2. The number of rotatable bonds is 8. The van der Waals surface area contributed by atoms with E-state index in [-0.39, 0.29) is 22.3 Å². The molecule has 1 heterocycles. The highest BCUT2D eigenvalue weighted by Crippen LogP contribution is 2.22. The molecule has 26 heavy (non-hydrogen) atoms. The second kappa shape index (κ2) is 8.35. The lowest BCUT2D eigenvalue weighted by Gasteiger charge is -2.18. The zero-order valence-electron chi connectivity index (χ0n) is 14.2. The van der Waals surface area contributed by atoms with E-state index in [4.69, 9.17) is 11.2 Å². The van der Waals surface area contributed by atoms with E-state index in [1.165, 1.54) is 0 Å². The van der Waals surface area contributed by atoms with Crippen LogP contribution in [0.4, 0.5) is 10.1 Å². The van der Waals surface area contributed by atoms with Crippen molar-refractivity contribution in [3.8, 4) is 12.3 Å². The van der Waals surface area contributed by atoms with E-state index in [0.717, 1.165) is 18.2 Å². The molecule has 2 rings (SSSR count). The molecular weight excluding hydrogens is 383 g/mol. The minimum absolute atomic E-state index is 0.153. The van der Waals surface area contributed by atoms with Crippen LogP contribution in [-0.4, -0.2) is 41.8 Å². The maximum absolute atomic E-state index is 14.2. The standard InChI is InChI=1S/C16H21FN2O5S2/c1-3-9-25(20,21)18-16-6-5-13(10-14(16)17)26(22,23)19-15(4-2)12-7-8-24-11-12/h2,5-6,10,12,15,18-19H,3,7-9,11H2,1H3/t12-,15-/m0/s1. The van der Waals surface area contributed by atoms with Crippen LogP contribution in [-0.2, 0) is 24.8 Å². The fourth-order valence-electron chi connectivity index (χ4n) is 2.55. The molecular formula is C16H21FN2O5S2. The van der Waals surface area contributed by atoms with Crippen LogP contribution in [0.5, 0.6) is 0 Å². The Hall–Kier alpha value is -1.67. The normalized spacial score (nSPS) is 19.0. The first-order valence-corrected chi connectivity index (χ1v) is 11.2. The first-order chi connectivity index (χ1) is 12.2. The number of hydrogen-bond acceptors (Lipinski definition) is 5. The Morgan fingerprint density at radius 1 is 1.38 bits per heavy atom. The van der Waals surface area contributed by atoms with Gasteiger partial charge in [-0.1, -0.05) is 12.8 Å². The molecule has 10 heteroatoms. The van der Waals surface area contributed by atoms with Crippen LogP contribution in [0.1, 0.15) is 19.8 Å². The Balaban J connectivity index is 2.20. The van der Waals surface area contributed by atoms with Gasteiger partial charge in [0.2, 0.25) is 20.0 Å². The van der Waals surface area contributed by atoms with Gasteiger partial charge < -0.3 is 4.74 Å². The van der Waals surface area contributed by atoms with Crippen molar-refractivity contribution in [2.24, 2.45) is 5.92 Å². The van der Waals surface area contributed by atoms with Crippen molar-refractivity contribution in [3.05, 3.63) is 24.0 Å². The minimum atomic E-state index is -4.07.